The van der Waals surface area contributed by atoms with Crippen molar-refractivity contribution >= 4 is 0 Å². The predicted octanol–water partition coefficient (Wildman–Crippen LogP) is 22.9. The Balaban J connectivity index is 1.49. The number of unbranched alkanes of at least 4 members (excludes halogenated alkanes) is 2. The standard InChI is InChI=1S/C72H136/c1-22-28-29-35-45(9)68(49(13)46(10)44(7)8)72(65-40-60(41-65)32-25-4)55(19)54(18)69(56(20)66-42-61(66)33-26-5)50(14)47(11)51(15)70(63-36-58(37-63)30-23-2)52(16)48(12)53(17)71(64-38-59(39-64)31-24-3)57(21)67-43-62(67)34-27-6/h44-72H,22-43H2,1-21H3. The molecule has 5 fully saturated rings. The van der Waals surface area contributed by atoms with Crippen molar-refractivity contribution in [3.8, 4) is 0 Å². The second-order valence-electron chi connectivity index (χ2n) is 30.5. The molecule has 0 heteroatoms. The summed E-state index contributed by atoms with van der Waals surface area (Å²) in [5, 5.41) is 0. The lowest BCUT2D eigenvalue weighted by Gasteiger charge is -2.54. The molecule has 5 aliphatic rings. The van der Waals surface area contributed by atoms with Gasteiger partial charge >= 0.3 is 0 Å². The monoisotopic (exact) mass is 1000 g/mol. The Morgan fingerprint density at radius 2 is 0.667 bits per heavy atom. The Morgan fingerprint density at radius 3 is 1.10 bits per heavy atom. The molecule has 0 N–H and O–H groups in total. The molecular formula is C72H136. The minimum atomic E-state index is 0.754. The van der Waals surface area contributed by atoms with Gasteiger partial charge in [-0.2, -0.15) is 0 Å². The summed E-state index contributed by atoms with van der Waals surface area (Å²) in [4.78, 5) is 0. The summed E-state index contributed by atoms with van der Waals surface area (Å²) in [5.41, 5.74) is 0. The second kappa shape index (κ2) is 29.3. The Morgan fingerprint density at radius 1 is 0.306 bits per heavy atom. The fourth-order valence-electron chi connectivity index (χ4n) is 20.4. The molecule has 22 unspecified atom stereocenters. The highest BCUT2D eigenvalue weighted by Gasteiger charge is 2.54. The van der Waals surface area contributed by atoms with Gasteiger partial charge in [0.25, 0.3) is 0 Å². The van der Waals surface area contributed by atoms with Crippen molar-refractivity contribution in [1.29, 1.82) is 0 Å². The number of hydrogen-bond donors (Lipinski definition) is 0. The van der Waals surface area contributed by atoms with Gasteiger partial charge in [0.2, 0.25) is 0 Å². The third-order valence-corrected chi connectivity index (χ3v) is 26.0. The summed E-state index contributed by atoms with van der Waals surface area (Å²) in [6.07, 6.45) is 32.1. The highest BCUT2D eigenvalue weighted by Crippen LogP contribution is 2.61. The Kier molecular flexibility index (Phi) is 25.6. The molecule has 0 saturated heterocycles. The lowest BCUT2D eigenvalue weighted by molar-refractivity contribution is -0.0585. The predicted molar refractivity (Wildman–Crippen MR) is 322 cm³/mol. The largest absolute Gasteiger partial charge is 0.0654 e. The summed E-state index contributed by atoms with van der Waals surface area (Å²) in [5.74, 6) is 25.3. The molecule has 0 amide bonds. The van der Waals surface area contributed by atoms with E-state index in [1.165, 1.54) is 128 Å². The van der Waals surface area contributed by atoms with Crippen LogP contribution in [-0.2, 0) is 0 Å². The Labute approximate surface area is 456 Å². The van der Waals surface area contributed by atoms with Crippen molar-refractivity contribution in [3.05, 3.63) is 0 Å². The van der Waals surface area contributed by atoms with Crippen LogP contribution in [-0.4, -0.2) is 0 Å². The average molecular weight is 1000 g/mol. The molecule has 5 saturated carbocycles. The van der Waals surface area contributed by atoms with Gasteiger partial charge in [0, 0.05) is 0 Å². The normalized spacial score (nSPS) is 34.8. The van der Waals surface area contributed by atoms with Crippen LogP contribution < -0.4 is 0 Å². The topological polar surface area (TPSA) is 0 Å². The van der Waals surface area contributed by atoms with Crippen molar-refractivity contribution in [2.45, 2.75) is 287 Å². The maximum Gasteiger partial charge on any atom is -0.0324 e. The van der Waals surface area contributed by atoms with Gasteiger partial charge in [-0.1, -0.05) is 235 Å². The smallest absolute Gasteiger partial charge is 0.0324 e. The van der Waals surface area contributed by atoms with Crippen LogP contribution in [0.25, 0.3) is 0 Å². The SMILES string of the molecule is CCCCCC(C)C(C(C)C(C)C(C)C)C(C1CC(CCC)C1)C(C)C(C)C(C(C)C(C)C(C)C(C1CC(CCC)C1)C(C)C(C)C(C)C(C1CC(CCC)C1)C(C)C1CC1CCC)C(C)C1CC1CCC. The summed E-state index contributed by atoms with van der Waals surface area (Å²) >= 11 is 0. The molecule has 72 heavy (non-hydrogen) atoms. The molecule has 0 heterocycles. The molecule has 0 aliphatic heterocycles. The van der Waals surface area contributed by atoms with E-state index in [0.29, 0.717) is 0 Å². The first-order valence-electron chi connectivity index (χ1n) is 34.2. The van der Waals surface area contributed by atoms with Gasteiger partial charge in [-0.15, -0.1) is 0 Å². The van der Waals surface area contributed by atoms with Crippen molar-refractivity contribution in [2.75, 3.05) is 0 Å². The van der Waals surface area contributed by atoms with Crippen LogP contribution in [0.15, 0.2) is 0 Å². The number of rotatable bonds is 37. The highest BCUT2D eigenvalue weighted by molar-refractivity contribution is 5.03. The van der Waals surface area contributed by atoms with E-state index in [2.05, 4.69) is 145 Å². The molecule has 5 rings (SSSR count). The maximum atomic E-state index is 2.88. The third-order valence-electron chi connectivity index (χ3n) is 26.0. The van der Waals surface area contributed by atoms with E-state index in [0.717, 1.165) is 172 Å². The molecule has 22 atom stereocenters. The first kappa shape index (κ1) is 62.8. The lowest BCUT2D eigenvalue weighted by Crippen LogP contribution is -2.48. The van der Waals surface area contributed by atoms with Crippen LogP contribution in [0.5, 0.6) is 0 Å². The zero-order chi connectivity index (χ0) is 53.3. The van der Waals surface area contributed by atoms with E-state index >= 15 is 0 Å². The average Bonchev–Trinajstić information content (AvgIpc) is 4.26. The van der Waals surface area contributed by atoms with Crippen LogP contribution in [0.1, 0.15) is 287 Å². The van der Waals surface area contributed by atoms with E-state index in [1.807, 2.05) is 0 Å². The molecule has 5 aliphatic carbocycles. The summed E-state index contributed by atoms with van der Waals surface area (Å²) in [7, 11) is 0. The molecule has 424 valence electrons. The van der Waals surface area contributed by atoms with Gasteiger partial charge in [0.15, 0.2) is 0 Å². The Bertz CT molecular complexity index is 1460. The van der Waals surface area contributed by atoms with Gasteiger partial charge < -0.3 is 0 Å². The molecule has 0 aromatic rings. The van der Waals surface area contributed by atoms with E-state index in [9.17, 15) is 0 Å². The van der Waals surface area contributed by atoms with Gasteiger partial charge in [-0.3, -0.25) is 0 Å². The zero-order valence-electron chi connectivity index (χ0n) is 53.3. The molecule has 0 spiro atoms. The van der Waals surface area contributed by atoms with Crippen LogP contribution in [0.3, 0.4) is 0 Å². The molecular weight excluding hydrogens is 865 g/mol. The van der Waals surface area contributed by atoms with Crippen molar-refractivity contribution in [1.82, 2.24) is 0 Å². The first-order chi connectivity index (χ1) is 34.2. The van der Waals surface area contributed by atoms with Crippen molar-refractivity contribution < 1.29 is 0 Å². The maximum absolute atomic E-state index is 2.88. The first-order valence-corrected chi connectivity index (χ1v) is 34.2. The minimum absolute atomic E-state index is 0.754. The summed E-state index contributed by atoms with van der Waals surface area (Å²) in [6, 6.07) is 0. The number of hydrogen-bond acceptors (Lipinski definition) is 0. The fraction of sp³-hybridized carbons (Fsp3) is 1.00. The molecule has 0 aromatic heterocycles. The van der Waals surface area contributed by atoms with E-state index in [4.69, 9.17) is 0 Å². The van der Waals surface area contributed by atoms with Gasteiger partial charge in [0.05, 0.1) is 0 Å². The lowest BCUT2D eigenvalue weighted by atomic mass is 9.51. The zero-order valence-corrected chi connectivity index (χ0v) is 53.3. The fourth-order valence-corrected chi connectivity index (χ4v) is 20.4. The molecule has 0 bridgehead atoms. The Hall–Kier alpha value is 0. The third kappa shape index (κ3) is 15.2. The summed E-state index contributed by atoms with van der Waals surface area (Å²) < 4.78 is 0. The van der Waals surface area contributed by atoms with Gasteiger partial charge in [-0.25, -0.2) is 0 Å². The molecule has 0 nitrogen and oxygen atoms in total. The molecule has 0 radical (unpaired) electrons. The quantitative estimate of drug-likeness (QED) is 0.0544. The molecule has 0 aromatic carbocycles. The van der Waals surface area contributed by atoms with Gasteiger partial charge in [0.1, 0.15) is 0 Å². The van der Waals surface area contributed by atoms with E-state index in [-0.39, 0.29) is 0 Å². The summed E-state index contributed by atoms with van der Waals surface area (Å²) in [6.45, 7) is 56.3. The van der Waals surface area contributed by atoms with Crippen LogP contribution >= 0.6 is 0 Å². The van der Waals surface area contributed by atoms with E-state index < -0.39 is 0 Å². The van der Waals surface area contributed by atoms with Crippen molar-refractivity contribution in [3.63, 3.8) is 0 Å². The van der Waals surface area contributed by atoms with Crippen LogP contribution in [0.4, 0.5) is 0 Å². The van der Waals surface area contributed by atoms with E-state index in [1.54, 1.807) is 12.8 Å². The van der Waals surface area contributed by atoms with Gasteiger partial charge in [-0.05, 0) is 223 Å². The van der Waals surface area contributed by atoms with Crippen LogP contribution in [0, 0.1) is 172 Å². The van der Waals surface area contributed by atoms with Crippen LogP contribution in [0.2, 0.25) is 0 Å². The highest BCUT2D eigenvalue weighted by atomic mass is 14.6. The van der Waals surface area contributed by atoms with Crippen molar-refractivity contribution in [2.24, 2.45) is 172 Å². The minimum Gasteiger partial charge on any atom is -0.0654 e. The second-order valence-corrected chi connectivity index (χ2v) is 30.5.